The van der Waals surface area contributed by atoms with Gasteiger partial charge in [-0.25, -0.2) is 0 Å². The lowest BCUT2D eigenvalue weighted by molar-refractivity contribution is 0.340. The molecule has 2 rings (SSSR count). The first-order chi connectivity index (χ1) is 9.22. The summed E-state index contributed by atoms with van der Waals surface area (Å²) in [5, 5.41) is 12.1. The van der Waals surface area contributed by atoms with Gasteiger partial charge in [-0.1, -0.05) is 0 Å². The molecule has 2 aromatic carbocycles. The Morgan fingerprint density at radius 3 is 2.58 bits per heavy atom. The fraction of sp³-hybridized carbons (Fsp3) is 0.133. The predicted molar refractivity (Wildman–Crippen MR) is 76.5 cm³/mol. The van der Waals surface area contributed by atoms with Gasteiger partial charge >= 0.3 is 0 Å². The number of ether oxygens (including phenoxy) is 1. The van der Waals surface area contributed by atoms with Crippen molar-refractivity contribution in [2.24, 2.45) is 0 Å². The summed E-state index contributed by atoms with van der Waals surface area (Å²) in [5.41, 5.74) is 8.67. The molecule has 2 aromatic rings. The maximum absolute atomic E-state index is 8.88. The SMILES string of the molecule is CCOc1ccc(Nc2cc(C#N)ccc2N)cc1. The number of nitrogen functional groups attached to an aromatic ring is 1. The van der Waals surface area contributed by atoms with Crippen LogP contribution in [-0.2, 0) is 0 Å². The highest BCUT2D eigenvalue weighted by Gasteiger charge is 2.02. The van der Waals surface area contributed by atoms with Crippen LogP contribution >= 0.6 is 0 Å². The van der Waals surface area contributed by atoms with E-state index in [-0.39, 0.29) is 0 Å². The maximum Gasteiger partial charge on any atom is 0.119 e. The van der Waals surface area contributed by atoms with Crippen LogP contribution in [0.25, 0.3) is 0 Å². The summed E-state index contributed by atoms with van der Waals surface area (Å²) >= 11 is 0. The molecule has 0 spiro atoms. The van der Waals surface area contributed by atoms with Crippen molar-refractivity contribution in [1.82, 2.24) is 0 Å². The van der Waals surface area contributed by atoms with E-state index in [0.717, 1.165) is 17.1 Å². The van der Waals surface area contributed by atoms with Gasteiger partial charge in [-0.15, -0.1) is 0 Å². The topological polar surface area (TPSA) is 71.1 Å². The van der Waals surface area contributed by atoms with E-state index in [0.29, 0.717) is 17.9 Å². The number of rotatable bonds is 4. The summed E-state index contributed by atoms with van der Waals surface area (Å²) in [6, 6.07) is 14.8. The number of anilines is 3. The van der Waals surface area contributed by atoms with E-state index in [1.54, 1.807) is 18.2 Å². The second kappa shape index (κ2) is 5.78. The zero-order valence-corrected chi connectivity index (χ0v) is 10.7. The van der Waals surface area contributed by atoms with E-state index in [1.165, 1.54) is 0 Å². The molecular formula is C15H15N3O. The number of hydrogen-bond donors (Lipinski definition) is 2. The number of nitriles is 1. The maximum atomic E-state index is 8.88. The molecule has 19 heavy (non-hydrogen) atoms. The Hall–Kier alpha value is -2.67. The van der Waals surface area contributed by atoms with Gasteiger partial charge < -0.3 is 15.8 Å². The van der Waals surface area contributed by atoms with Crippen LogP contribution in [0.2, 0.25) is 0 Å². The fourth-order valence-electron chi connectivity index (χ4n) is 1.69. The summed E-state index contributed by atoms with van der Waals surface area (Å²) < 4.78 is 5.38. The lowest BCUT2D eigenvalue weighted by Gasteiger charge is -2.10. The molecule has 0 radical (unpaired) electrons. The quantitative estimate of drug-likeness (QED) is 0.820. The molecule has 4 heteroatoms. The van der Waals surface area contributed by atoms with Gasteiger partial charge in [-0.3, -0.25) is 0 Å². The lowest BCUT2D eigenvalue weighted by atomic mass is 10.2. The summed E-state index contributed by atoms with van der Waals surface area (Å²) in [4.78, 5) is 0. The molecule has 0 atom stereocenters. The molecule has 0 saturated carbocycles. The summed E-state index contributed by atoms with van der Waals surface area (Å²) in [5.74, 6) is 0.826. The van der Waals surface area contributed by atoms with Crippen molar-refractivity contribution in [1.29, 1.82) is 5.26 Å². The van der Waals surface area contributed by atoms with Crippen molar-refractivity contribution < 1.29 is 4.74 Å². The highest BCUT2D eigenvalue weighted by Crippen LogP contribution is 2.25. The number of nitrogens with two attached hydrogens (primary N) is 1. The molecule has 0 aliphatic rings. The number of benzene rings is 2. The van der Waals surface area contributed by atoms with E-state index < -0.39 is 0 Å². The molecule has 0 saturated heterocycles. The van der Waals surface area contributed by atoms with Gasteiger partial charge in [0.2, 0.25) is 0 Å². The molecule has 0 amide bonds. The van der Waals surface area contributed by atoms with E-state index in [1.807, 2.05) is 31.2 Å². The molecule has 3 N–H and O–H groups in total. The summed E-state index contributed by atoms with van der Waals surface area (Å²) in [7, 11) is 0. The summed E-state index contributed by atoms with van der Waals surface area (Å²) in [6.07, 6.45) is 0. The van der Waals surface area contributed by atoms with Gasteiger partial charge in [0.1, 0.15) is 5.75 Å². The van der Waals surface area contributed by atoms with Crippen LogP contribution in [0.15, 0.2) is 42.5 Å². The van der Waals surface area contributed by atoms with Gasteiger partial charge in [0.15, 0.2) is 0 Å². The number of nitrogens with one attached hydrogen (secondary N) is 1. The predicted octanol–water partition coefficient (Wildman–Crippen LogP) is 3.28. The van der Waals surface area contributed by atoms with Crippen molar-refractivity contribution >= 4 is 17.1 Å². The normalized spacial score (nSPS) is 9.68. The third-order valence-electron chi connectivity index (χ3n) is 2.63. The third kappa shape index (κ3) is 3.17. The molecule has 96 valence electrons. The van der Waals surface area contributed by atoms with E-state index in [2.05, 4.69) is 11.4 Å². The third-order valence-corrected chi connectivity index (χ3v) is 2.63. The Morgan fingerprint density at radius 2 is 1.95 bits per heavy atom. The number of hydrogen-bond acceptors (Lipinski definition) is 4. The summed E-state index contributed by atoms with van der Waals surface area (Å²) in [6.45, 7) is 2.59. The average Bonchev–Trinajstić information content (AvgIpc) is 2.44. The van der Waals surface area contributed by atoms with Gasteiger partial charge in [0.25, 0.3) is 0 Å². The van der Waals surface area contributed by atoms with Crippen LogP contribution in [0, 0.1) is 11.3 Å². The van der Waals surface area contributed by atoms with Crippen LogP contribution in [-0.4, -0.2) is 6.61 Å². The Morgan fingerprint density at radius 1 is 1.21 bits per heavy atom. The molecule has 4 nitrogen and oxygen atoms in total. The first-order valence-electron chi connectivity index (χ1n) is 6.02. The molecule has 0 aliphatic heterocycles. The lowest BCUT2D eigenvalue weighted by Crippen LogP contribution is -1.97. The Kier molecular flexibility index (Phi) is 3.89. The average molecular weight is 253 g/mol. The minimum Gasteiger partial charge on any atom is -0.494 e. The molecule has 0 aromatic heterocycles. The van der Waals surface area contributed by atoms with Crippen molar-refractivity contribution in [3.05, 3.63) is 48.0 Å². The molecular weight excluding hydrogens is 238 g/mol. The minimum absolute atomic E-state index is 0.572. The highest BCUT2D eigenvalue weighted by atomic mass is 16.5. The second-order valence-electron chi connectivity index (χ2n) is 4.00. The number of nitrogens with zero attached hydrogens (tertiary/aromatic N) is 1. The minimum atomic E-state index is 0.572. The molecule has 0 unspecified atom stereocenters. The molecule has 0 bridgehead atoms. The smallest absolute Gasteiger partial charge is 0.119 e. The van der Waals surface area contributed by atoms with Crippen LogP contribution in [0.3, 0.4) is 0 Å². The van der Waals surface area contributed by atoms with Crippen LogP contribution < -0.4 is 15.8 Å². The largest absolute Gasteiger partial charge is 0.494 e. The fourth-order valence-corrected chi connectivity index (χ4v) is 1.69. The van der Waals surface area contributed by atoms with Crippen LogP contribution in [0.4, 0.5) is 17.1 Å². The van der Waals surface area contributed by atoms with Crippen molar-refractivity contribution in [3.63, 3.8) is 0 Å². The van der Waals surface area contributed by atoms with Gasteiger partial charge in [-0.2, -0.15) is 5.26 Å². The van der Waals surface area contributed by atoms with Gasteiger partial charge in [0.05, 0.1) is 29.6 Å². The standard InChI is InChI=1S/C15H15N3O/c1-2-19-13-6-4-12(5-7-13)18-15-9-11(10-16)3-8-14(15)17/h3-9,18H,2,17H2,1H3. The highest BCUT2D eigenvalue weighted by molar-refractivity contribution is 5.74. The van der Waals surface area contributed by atoms with Crippen molar-refractivity contribution in [2.75, 3.05) is 17.7 Å². The second-order valence-corrected chi connectivity index (χ2v) is 4.00. The molecule has 0 aliphatic carbocycles. The van der Waals surface area contributed by atoms with Crippen molar-refractivity contribution in [2.45, 2.75) is 6.92 Å². The van der Waals surface area contributed by atoms with Crippen LogP contribution in [0.1, 0.15) is 12.5 Å². The monoisotopic (exact) mass is 253 g/mol. The van der Waals surface area contributed by atoms with Crippen molar-refractivity contribution in [3.8, 4) is 11.8 Å². The Labute approximate surface area is 112 Å². The molecule has 0 fully saturated rings. The zero-order valence-electron chi connectivity index (χ0n) is 10.7. The van der Waals surface area contributed by atoms with E-state index in [9.17, 15) is 0 Å². The van der Waals surface area contributed by atoms with E-state index >= 15 is 0 Å². The van der Waals surface area contributed by atoms with E-state index in [4.69, 9.17) is 15.7 Å². The van der Waals surface area contributed by atoms with Crippen LogP contribution in [0.5, 0.6) is 5.75 Å². The first kappa shape index (κ1) is 12.8. The molecule has 0 heterocycles. The van der Waals surface area contributed by atoms with Gasteiger partial charge in [-0.05, 0) is 49.4 Å². The zero-order chi connectivity index (χ0) is 13.7. The first-order valence-corrected chi connectivity index (χ1v) is 6.02. The van der Waals surface area contributed by atoms with Gasteiger partial charge in [0, 0.05) is 5.69 Å². The Balaban J connectivity index is 2.19. The Bertz CT molecular complexity index is 600.